The molecule has 0 spiro atoms. The molecule has 0 N–H and O–H groups in total. The lowest BCUT2D eigenvalue weighted by Crippen LogP contribution is -2.35. The molecule has 0 saturated carbocycles. The molecule has 278 valence electrons. The number of anilines is 1. The molecule has 1 fully saturated rings. The number of rotatable bonds is 12. The van der Waals surface area contributed by atoms with Crippen molar-refractivity contribution in [1.82, 2.24) is 0 Å². The number of benzene rings is 6. The van der Waals surface area contributed by atoms with Gasteiger partial charge < -0.3 is 19.1 Å². The van der Waals surface area contributed by atoms with E-state index >= 15 is 0 Å². The van der Waals surface area contributed by atoms with Gasteiger partial charge in [-0.2, -0.15) is 0 Å². The van der Waals surface area contributed by atoms with Crippen molar-refractivity contribution < 1.29 is 19.0 Å². The number of carbonyl (C=O) groups excluding carboxylic acids is 1. The van der Waals surface area contributed by atoms with E-state index in [-0.39, 0.29) is 12.6 Å². The van der Waals surface area contributed by atoms with Crippen molar-refractivity contribution in [3.63, 3.8) is 0 Å². The molecule has 2 heterocycles. The normalized spacial score (nSPS) is 16.4. The van der Waals surface area contributed by atoms with E-state index in [4.69, 9.17) is 14.2 Å². The van der Waals surface area contributed by atoms with Crippen LogP contribution in [0, 0.1) is 0 Å². The standard InChI is InChI=1S/C50H49NO4/c1-3-5-8-13-36-16-25-43(26-17-36)54-44-27-18-37(19-28-44)38-20-29-45-39(34-38)35-47(49(52)53-4-2)46-30-31-50(55-48(45)46,40-14-9-6-10-15-40)41-21-23-42(24-22-41)51-32-11-7-12-33-51/h6,9-10,14-31,34-35H,3-5,7-8,11-13,32-33H2,1-2H3. The van der Waals surface area contributed by atoms with Gasteiger partial charge in [-0.15, -0.1) is 0 Å². The number of unbranched alkanes of at least 4 members (excludes halogenated alkanes) is 2. The van der Waals surface area contributed by atoms with Crippen LogP contribution < -0.4 is 14.4 Å². The third-order valence-corrected chi connectivity index (χ3v) is 11.0. The first-order chi connectivity index (χ1) is 27.0. The van der Waals surface area contributed by atoms with Crippen molar-refractivity contribution >= 4 is 28.5 Å². The van der Waals surface area contributed by atoms with Crippen LogP contribution in [0.5, 0.6) is 17.2 Å². The molecule has 0 radical (unpaired) electrons. The van der Waals surface area contributed by atoms with Crippen LogP contribution in [0.3, 0.4) is 0 Å². The van der Waals surface area contributed by atoms with Crippen LogP contribution >= 0.6 is 0 Å². The van der Waals surface area contributed by atoms with Gasteiger partial charge in [0, 0.05) is 40.9 Å². The van der Waals surface area contributed by atoms with Gasteiger partial charge in [-0.25, -0.2) is 4.79 Å². The SMILES string of the molecule is CCCCCc1ccc(Oc2ccc(-c3ccc4c5c(c(C(=O)OCC)cc4c3)C=CC(c3ccccc3)(c3ccc(N4CCCCC4)cc3)O5)cc2)cc1. The summed E-state index contributed by atoms with van der Waals surface area (Å²) in [5.41, 5.74) is 7.00. The molecule has 8 rings (SSSR count). The number of ether oxygens (including phenoxy) is 3. The molecule has 1 atom stereocenters. The Labute approximate surface area is 325 Å². The van der Waals surface area contributed by atoms with Crippen LogP contribution in [-0.4, -0.2) is 25.7 Å². The van der Waals surface area contributed by atoms with E-state index in [0.29, 0.717) is 11.3 Å². The van der Waals surface area contributed by atoms with Gasteiger partial charge in [-0.1, -0.05) is 98.6 Å². The Bertz CT molecular complexity index is 2270. The molecule has 5 heteroatoms. The number of aryl methyl sites for hydroxylation is 1. The molecule has 5 nitrogen and oxygen atoms in total. The molecule has 0 aliphatic carbocycles. The maximum absolute atomic E-state index is 13.5. The molecule has 1 saturated heterocycles. The predicted octanol–water partition coefficient (Wildman–Crippen LogP) is 12.5. The predicted molar refractivity (Wildman–Crippen MR) is 224 cm³/mol. The Morgan fingerprint density at radius 2 is 1.42 bits per heavy atom. The second kappa shape index (κ2) is 16.3. The highest BCUT2D eigenvalue weighted by atomic mass is 16.5. The smallest absolute Gasteiger partial charge is 0.338 e. The minimum atomic E-state index is -0.904. The van der Waals surface area contributed by atoms with Gasteiger partial charge in [0.25, 0.3) is 0 Å². The Hall–Kier alpha value is -5.81. The van der Waals surface area contributed by atoms with E-state index in [1.165, 1.54) is 49.8 Å². The van der Waals surface area contributed by atoms with Crippen molar-refractivity contribution in [2.24, 2.45) is 0 Å². The summed E-state index contributed by atoms with van der Waals surface area (Å²) in [6.45, 7) is 6.52. The fourth-order valence-corrected chi connectivity index (χ4v) is 8.01. The van der Waals surface area contributed by atoms with E-state index in [0.717, 1.165) is 69.6 Å². The van der Waals surface area contributed by atoms with Gasteiger partial charge in [0.15, 0.2) is 5.60 Å². The van der Waals surface area contributed by atoms with E-state index in [1.807, 2.05) is 49.4 Å². The molecule has 6 aromatic carbocycles. The number of hydrogen-bond donors (Lipinski definition) is 0. The maximum Gasteiger partial charge on any atom is 0.338 e. The van der Waals surface area contributed by atoms with Crippen LogP contribution in [0.1, 0.15) is 85.0 Å². The molecule has 2 aliphatic rings. The summed E-state index contributed by atoms with van der Waals surface area (Å²) in [5.74, 6) is 1.91. The average Bonchev–Trinajstić information content (AvgIpc) is 3.24. The van der Waals surface area contributed by atoms with Crippen LogP contribution in [-0.2, 0) is 16.8 Å². The van der Waals surface area contributed by atoms with Crippen LogP contribution in [0.15, 0.2) is 133 Å². The third kappa shape index (κ3) is 7.62. The largest absolute Gasteiger partial charge is 0.472 e. The number of hydrogen-bond acceptors (Lipinski definition) is 5. The molecular formula is C50H49NO4. The second-order valence-electron chi connectivity index (χ2n) is 14.7. The van der Waals surface area contributed by atoms with Gasteiger partial charge in [0.05, 0.1) is 12.2 Å². The Morgan fingerprint density at radius 3 is 2.13 bits per heavy atom. The van der Waals surface area contributed by atoms with E-state index in [1.54, 1.807) is 0 Å². The zero-order chi connectivity index (χ0) is 37.6. The first-order valence-corrected chi connectivity index (χ1v) is 20.0. The zero-order valence-corrected chi connectivity index (χ0v) is 31.9. The lowest BCUT2D eigenvalue weighted by molar-refractivity contribution is 0.0524. The molecule has 2 aliphatic heterocycles. The van der Waals surface area contributed by atoms with E-state index in [9.17, 15) is 4.79 Å². The maximum atomic E-state index is 13.5. The summed E-state index contributed by atoms with van der Waals surface area (Å²) < 4.78 is 19.1. The fraction of sp³-hybridized carbons (Fsp3) is 0.260. The topological polar surface area (TPSA) is 48.0 Å². The number of nitrogens with zero attached hydrogens (tertiary/aromatic N) is 1. The summed E-state index contributed by atoms with van der Waals surface area (Å²) in [4.78, 5) is 16.0. The van der Waals surface area contributed by atoms with E-state index in [2.05, 4.69) is 109 Å². The Balaban J connectivity index is 1.13. The number of esters is 1. The second-order valence-corrected chi connectivity index (χ2v) is 14.7. The zero-order valence-electron chi connectivity index (χ0n) is 31.9. The summed E-state index contributed by atoms with van der Waals surface area (Å²) in [7, 11) is 0. The highest BCUT2D eigenvalue weighted by Gasteiger charge is 2.39. The monoisotopic (exact) mass is 727 g/mol. The van der Waals surface area contributed by atoms with Gasteiger partial charge in [-0.05, 0) is 122 Å². The van der Waals surface area contributed by atoms with Crippen molar-refractivity contribution in [2.75, 3.05) is 24.6 Å². The van der Waals surface area contributed by atoms with Crippen molar-refractivity contribution in [3.05, 3.63) is 161 Å². The molecule has 0 aromatic heterocycles. The van der Waals surface area contributed by atoms with Gasteiger partial charge in [0.1, 0.15) is 17.2 Å². The first-order valence-electron chi connectivity index (χ1n) is 20.0. The molecule has 55 heavy (non-hydrogen) atoms. The van der Waals surface area contributed by atoms with Crippen molar-refractivity contribution in [1.29, 1.82) is 0 Å². The quantitative estimate of drug-likeness (QED) is 0.0928. The summed E-state index contributed by atoms with van der Waals surface area (Å²) in [6, 6.07) is 44.1. The Kier molecular flexibility index (Phi) is 10.7. The summed E-state index contributed by atoms with van der Waals surface area (Å²) >= 11 is 0. The van der Waals surface area contributed by atoms with Gasteiger partial charge in [0.2, 0.25) is 0 Å². The third-order valence-electron chi connectivity index (χ3n) is 11.0. The molecule has 1 unspecified atom stereocenters. The Morgan fingerprint density at radius 1 is 0.727 bits per heavy atom. The fourth-order valence-electron chi connectivity index (χ4n) is 8.01. The molecule has 0 amide bonds. The minimum absolute atomic E-state index is 0.283. The number of fused-ring (bicyclic) bond motifs is 3. The van der Waals surface area contributed by atoms with Crippen LogP contribution in [0.4, 0.5) is 5.69 Å². The average molecular weight is 728 g/mol. The van der Waals surface area contributed by atoms with Crippen molar-refractivity contribution in [2.45, 2.75) is 64.4 Å². The lowest BCUT2D eigenvalue weighted by Gasteiger charge is -2.37. The number of piperidine rings is 1. The lowest BCUT2D eigenvalue weighted by atomic mass is 9.82. The van der Waals surface area contributed by atoms with Gasteiger partial charge >= 0.3 is 5.97 Å². The van der Waals surface area contributed by atoms with Crippen LogP contribution in [0.2, 0.25) is 0 Å². The van der Waals surface area contributed by atoms with Crippen LogP contribution in [0.25, 0.3) is 28.0 Å². The minimum Gasteiger partial charge on any atom is -0.472 e. The highest BCUT2D eigenvalue weighted by Crippen LogP contribution is 2.47. The summed E-state index contributed by atoms with van der Waals surface area (Å²) in [6.07, 6.45) is 12.7. The summed E-state index contributed by atoms with van der Waals surface area (Å²) in [5, 5.41) is 1.83. The molecular weight excluding hydrogens is 679 g/mol. The number of carbonyl (C=O) groups is 1. The highest BCUT2D eigenvalue weighted by molar-refractivity contribution is 6.05. The molecule has 6 aromatic rings. The first kappa shape index (κ1) is 36.2. The van der Waals surface area contributed by atoms with Crippen molar-refractivity contribution in [3.8, 4) is 28.4 Å². The molecule has 0 bridgehead atoms. The van der Waals surface area contributed by atoms with E-state index < -0.39 is 5.60 Å². The van der Waals surface area contributed by atoms with Gasteiger partial charge in [-0.3, -0.25) is 0 Å².